The second-order valence-corrected chi connectivity index (χ2v) is 8.12. The molecule has 0 N–H and O–H groups in total. The summed E-state index contributed by atoms with van der Waals surface area (Å²) >= 11 is 0. The summed E-state index contributed by atoms with van der Waals surface area (Å²) < 4.78 is 17.3. The van der Waals surface area contributed by atoms with E-state index in [1.165, 1.54) is 11.3 Å². The van der Waals surface area contributed by atoms with Crippen LogP contribution in [0.1, 0.15) is 53.0 Å². The molecular formula is C20H30BNO4. The molecule has 142 valence electrons. The van der Waals surface area contributed by atoms with Crippen molar-refractivity contribution in [2.75, 3.05) is 24.6 Å². The lowest BCUT2D eigenvalue weighted by atomic mass is 9.78. The predicted octanol–water partition coefficient (Wildman–Crippen LogP) is 2.69. The number of fused-ring (bicyclic) bond motifs is 1. The Hall–Kier alpha value is -1.53. The van der Waals surface area contributed by atoms with Crippen LogP contribution < -0.4 is 10.4 Å². The average Bonchev–Trinajstić information content (AvgIpc) is 3.05. The minimum atomic E-state index is -0.324. The first kappa shape index (κ1) is 19.2. The summed E-state index contributed by atoms with van der Waals surface area (Å²) in [5.74, 6) is -0.108. The summed E-state index contributed by atoms with van der Waals surface area (Å²) in [5.41, 5.74) is 3.02. The molecule has 0 atom stereocenters. The monoisotopic (exact) mass is 359 g/mol. The van der Waals surface area contributed by atoms with Crippen LogP contribution in [0, 0.1) is 0 Å². The van der Waals surface area contributed by atoms with Gasteiger partial charge in [-0.05, 0) is 64.6 Å². The van der Waals surface area contributed by atoms with E-state index in [2.05, 4.69) is 50.8 Å². The Labute approximate surface area is 157 Å². The third-order valence-electron chi connectivity index (χ3n) is 5.73. The summed E-state index contributed by atoms with van der Waals surface area (Å²) in [7, 11) is -0.317. The highest BCUT2D eigenvalue weighted by molar-refractivity contribution is 6.62. The van der Waals surface area contributed by atoms with E-state index >= 15 is 0 Å². The van der Waals surface area contributed by atoms with Gasteiger partial charge in [-0.3, -0.25) is 4.79 Å². The van der Waals surface area contributed by atoms with Gasteiger partial charge >= 0.3 is 13.1 Å². The molecule has 1 saturated heterocycles. The van der Waals surface area contributed by atoms with E-state index in [4.69, 9.17) is 14.0 Å². The summed E-state index contributed by atoms with van der Waals surface area (Å²) in [5, 5.41) is 0. The lowest BCUT2D eigenvalue weighted by Gasteiger charge is -2.32. The Morgan fingerprint density at radius 1 is 1.23 bits per heavy atom. The van der Waals surface area contributed by atoms with Crippen molar-refractivity contribution in [3.8, 4) is 0 Å². The van der Waals surface area contributed by atoms with Crippen molar-refractivity contribution >= 4 is 24.2 Å². The topological polar surface area (TPSA) is 48.0 Å². The molecule has 2 aliphatic rings. The van der Waals surface area contributed by atoms with Gasteiger partial charge in [-0.15, -0.1) is 0 Å². The standard InChI is InChI=1S/C20H30BNO4/c1-6-24-18(23)8-7-12-22-13-11-15-14-16(9-10-17(15)22)21-25-19(2,3)20(4,5)26-21/h9-10,14H,6-8,11-13H2,1-5H3. The zero-order valence-electron chi connectivity index (χ0n) is 16.6. The van der Waals surface area contributed by atoms with E-state index in [9.17, 15) is 4.79 Å². The fourth-order valence-electron chi connectivity index (χ4n) is 3.50. The molecule has 1 fully saturated rings. The second-order valence-electron chi connectivity index (χ2n) is 8.12. The van der Waals surface area contributed by atoms with Crippen LogP contribution in [0.3, 0.4) is 0 Å². The van der Waals surface area contributed by atoms with Crippen molar-refractivity contribution in [3.05, 3.63) is 23.8 Å². The van der Waals surface area contributed by atoms with Crippen LogP contribution in [0.5, 0.6) is 0 Å². The molecule has 0 saturated carbocycles. The number of benzene rings is 1. The normalized spacial score (nSPS) is 20.3. The molecule has 5 nitrogen and oxygen atoms in total. The Kier molecular flexibility index (Phi) is 5.36. The van der Waals surface area contributed by atoms with Gasteiger partial charge < -0.3 is 18.9 Å². The zero-order valence-corrected chi connectivity index (χ0v) is 16.6. The third-order valence-corrected chi connectivity index (χ3v) is 5.73. The van der Waals surface area contributed by atoms with E-state index in [1.807, 2.05) is 6.92 Å². The maximum Gasteiger partial charge on any atom is 0.494 e. The van der Waals surface area contributed by atoms with Gasteiger partial charge in [0.25, 0.3) is 0 Å². The fraction of sp³-hybridized carbons (Fsp3) is 0.650. The van der Waals surface area contributed by atoms with Crippen molar-refractivity contribution in [1.29, 1.82) is 0 Å². The van der Waals surface area contributed by atoms with Crippen molar-refractivity contribution in [1.82, 2.24) is 0 Å². The first-order valence-electron chi connectivity index (χ1n) is 9.62. The first-order chi connectivity index (χ1) is 12.2. The molecule has 2 aliphatic heterocycles. The molecular weight excluding hydrogens is 329 g/mol. The largest absolute Gasteiger partial charge is 0.494 e. The SMILES string of the molecule is CCOC(=O)CCCN1CCc2cc(B3OC(C)(C)C(C)(C)O3)ccc21. The minimum Gasteiger partial charge on any atom is -0.466 e. The van der Waals surface area contributed by atoms with Gasteiger partial charge in [-0.25, -0.2) is 0 Å². The van der Waals surface area contributed by atoms with Gasteiger partial charge in [0, 0.05) is 25.2 Å². The Morgan fingerprint density at radius 3 is 2.58 bits per heavy atom. The number of hydrogen-bond acceptors (Lipinski definition) is 5. The van der Waals surface area contributed by atoms with Crippen LogP contribution in [-0.4, -0.2) is 44.0 Å². The minimum absolute atomic E-state index is 0.108. The van der Waals surface area contributed by atoms with Crippen LogP contribution in [-0.2, 0) is 25.3 Å². The zero-order chi connectivity index (χ0) is 18.9. The molecule has 0 unspecified atom stereocenters. The van der Waals surface area contributed by atoms with Crippen molar-refractivity contribution < 1.29 is 18.8 Å². The molecule has 0 radical (unpaired) electrons. The molecule has 0 aromatic heterocycles. The molecule has 0 amide bonds. The number of esters is 1. The van der Waals surface area contributed by atoms with Gasteiger partial charge in [0.2, 0.25) is 0 Å². The number of rotatable bonds is 6. The highest BCUT2D eigenvalue weighted by atomic mass is 16.7. The molecule has 0 aliphatic carbocycles. The first-order valence-corrected chi connectivity index (χ1v) is 9.62. The fourth-order valence-corrected chi connectivity index (χ4v) is 3.50. The number of carbonyl (C=O) groups excluding carboxylic acids is 1. The Morgan fingerprint density at radius 2 is 1.92 bits per heavy atom. The smallest absolute Gasteiger partial charge is 0.466 e. The number of nitrogens with zero attached hydrogens (tertiary/aromatic N) is 1. The predicted molar refractivity (Wildman–Crippen MR) is 104 cm³/mol. The Bertz CT molecular complexity index is 658. The number of carbonyl (C=O) groups is 1. The van der Waals surface area contributed by atoms with Crippen molar-refractivity contribution in [2.24, 2.45) is 0 Å². The lowest BCUT2D eigenvalue weighted by molar-refractivity contribution is -0.143. The van der Waals surface area contributed by atoms with E-state index in [0.717, 1.165) is 31.4 Å². The van der Waals surface area contributed by atoms with Gasteiger partial charge in [-0.2, -0.15) is 0 Å². The van der Waals surface area contributed by atoms with Crippen molar-refractivity contribution in [2.45, 2.75) is 65.1 Å². The summed E-state index contributed by atoms with van der Waals surface area (Å²) in [6, 6.07) is 6.47. The van der Waals surface area contributed by atoms with Gasteiger partial charge in [0.15, 0.2) is 0 Å². The molecule has 0 spiro atoms. The molecule has 3 rings (SSSR count). The maximum atomic E-state index is 11.5. The second kappa shape index (κ2) is 7.24. The van der Waals surface area contributed by atoms with Crippen molar-refractivity contribution in [3.63, 3.8) is 0 Å². The highest BCUT2D eigenvalue weighted by Crippen LogP contribution is 2.37. The highest BCUT2D eigenvalue weighted by Gasteiger charge is 2.51. The van der Waals surface area contributed by atoms with Crippen LogP contribution in [0.25, 0.3) is 0 Å². The van der Waals surface area contributed by atoms with E-state index in [-0.39, 0.29) is 24.3 Å². The number of anilines is 1. The summed E-state index contributed by atoms with van der Waals surface area (Å²) in [4.78, 5) is 13.8. The molecule has 6 heteroatoms. The third kappa shape index (κ3) is 3.76. The van der Waals surface area contributed by atoms with E-state index in [0.29, 0.717) is 13.0 Å². The van der Waals surface area contributed by atoms with Crippen LogP contribution >= 0.6 is 0 Å². The molecule has 26 heavy (non-hydrogen) atoms. The Balaban J connectivity index is 1.63. The quantitative estimate of drug-likeness (QED) is 0.577. The molecule has 1 aromatic rings. The molecule has 2 heterocycles. The van der Waals surface area contributed by atoms with E-state index < -0.39 is 0 Å². The van der Waals surface area contributed by atoms with Crippen LogP contribution in [0.15, 0.2) is 18.2 Å². The number of ether oxygens (including phenoxy) is 1. The van der Waals surface area contributed by atoms with Gasteiger partial charge in [0.05, 0.1) is 17.8 Å². The molecule has 0 bridgehead atoms. The maximum absolute atomic E-state index is 11.5. The van der Waals surface area contributed by atoms with Crippen LogP contribution in [0.2, 0.25) is 0 Å². The van der Waals surface area contributed by atoms with Gasteiger partial charge in [-0.1, -0.05) is 12.1 Å². The van der Waals surface area contributed by atoms with Gasteiger partial charge in [0.1, 0.15) is 0 Å². The summed E-state index contributed by atoms with van der Waals surface area (Å²) in [6.45, 7) is 12.5. The number of hydrogen-bond donors (Lipinski definition) is 0. The average molecular weight is 359 g/mol. The van der Waals surface area contributed by atoms with E-state index in [1.54, 1.807) is 0 Å². The molecule has 1 aromatic carbocycles. The summed E-state index contributed by atoms with van der Waals surface area (Å²) in [6.07, 6.45) is 2.31. The van der Waals surface area contributed by atoms with Crippen LogP contribution in [0.4, 0.5) is 5.69 Å². The lowest BCUT2D eigenvalue weighted by Crippen LogP contribution is -2.41.